The minimum Gasteiger partial charge on any atom is -0.368 e. The molecule has 0 aromatic heterocycles. The molecule has 0 bridgehead atoms. The number of aliphatic hydroxyl groups is 1. The minimum atomic E-state index is -0.609. The zero-order valence-corrected chi connectivity index (χ0v) is 14.2. The van der Waals surface area contributed by atoms with E-state index in [1.165, 1.54) is 32.1 Å². The van der Waals surface area contributed by atoms with Crippen LogP contribution in [0.15, 0.2) is 0 Å². The molecule has 0 radical (unpaired) electrons. The maximum absolute atomic E-state index is 9.83. The van der Waals surface area contributed by atoms with Crippen LogP contribution in [-0.4, -0.2) is 29.2 Å². The summed E-state index contributed by atoms with van der Waals surface area (Å²) < 4.78 is 12.4. The third-order valence-electron chi connectivity index (χ3n) is 8.43. The number of aliphatic hydroxyl groups excluding tert-OH is 1. The van der Waals surface area contributed by atoms with Crippen LogP contribution in [0.4, 0.5) is 0 Å². The van der Waals surface area contributed by atoms with Gasteiger partial charge in [-0.2, -0.15) is 0 Å². The highest BCUT2D eigenvalue weighted by molar-refractivity contribution is 5.36. The monoisotopic (exact) mass is 306 g/mol. The predicted octanol–water partition coefficient (Wildman–Crippen LogP) is 3.50. The summed E-state index contributed by atoms with van der Waals surface area (Å²) in [5, 5.41) is 9.83. The summed E-state index contributed by atoms with van der Waals surface area (Å²) in [5.74, 6) is 2.22. The second-order valence-corrected chi connectivity index (χ2v) is 9.72. The topological polar surface area (TPSA) is 38.7 Å². The molecular weight excluding hydrogens is 276 g/mol. The van der Waals surface area contributed by atoms with Gasteiger partial charge in [-0.15, -0.1) is 0 Å². The molecule has 5 aliphatic rings. The Morgan fingerprint density at radius 2 is 1.86 bits per heavy atom. The molecule has 3 spiro atoms. The highest BCUT2D eigenvalue weighted by Crippen LogP contribution is 2.86. The Balaban J connectivity index is 1.53. The van der Waals surface area contributed by atoms with Crippen molar-refractivity contribution in [3.63, 3.8) is 0 Å². The van der Waals surface area contributed by atoms with Gasteiger partial charge in [0.15, 0.2) is 6.29 Å². The third kappa shape index (κ3) is 1.37. The largest absolute Gasteiger partial charge is 0.368 e. The van der Waals surface area contributed by atoms with Crippen LogP contribution in [0, 0.1) is 28.6 Å². The molecule has 0 aromatic rings. The summed E-state index contributed by atoms with van der Waals surface area (Å²) in [5.41, 5.74) is 0.858. The van der Waals surface area contributed by atoms with E-state index < -0.39 is 6.29 Å². The molecule has 124 valence electrons. The summed E-state index contributed by atoms with van der Waals surface area (Å²) in [4.78, 5) is 0. The van der Waals surface area contributed by atoms with Crippen molar-refractivity contribution in [1.82, 2.24) is 0 Å². The van der Waals surface area contributed by atoms with E-state index in [9.17, 15) is 5.11 Å². The van der Waals surface area contributed by atoms with E-state index in [0.29, 0.717) is 29.8 Å². The molecule has 5 rings (SSSR count). The second-order valence-electron chi connectivity index (χ2n) is 9.72. The Labute approximate surface area is 133 Å². The fraction of sp³-hybridized carbons (Fsp3) is 1.00. The van der Waals surface area contributed by atoms with Crippen LogP contribution in [0.5, 0.6) is 0 Å². The van der Waals surface area contributed by atoms with Crippen molar-refractivity contribution >= 4 is 0 Å². The lowest BCUT2D eigenvalue weighted by Crippen LogP contribution is -2.51. The Hall–Kier alpha value is -0.120. The molecule has 7 atom stereocenters. The minimum absolute atomic E-state index is 0.112. The Morgan fingerprint density at radius 3 is 2.59 bits per heavy atom. The number of ether oxygens (including phenoxy) is 2. The highest BCUT2D eigenvalue weighted by Gasteiger charge is 2.88. The van der Waals surface area contributed by atoms with Crippen LogP contribution >= 0.6 is 0 Å². The van der Waals surface area contributed by atoms with Crippen molar-refractivity contribution in [3.05, 3.63) is 0 Å². The van der Waals surface area contributed by atoms with Crippen LogP contribution in [0.2, 0.25) is 0 Å². The first-order valence-electron chi connectivity index (χ1n) is 9.36. The first-order valence-corrected chi connectivity index (χ1v) is 9.36. The van der Waals surface area contributed by atoms with E-state index >= 15 is 0 Å². The van der Waals surface area contributed by atoms with Gasteiger partial charge in [0.05, 0.1) is 17.8 Å². The lowest BCUT2D eigenvalue weighted by molar-refractivity contribution is -0.169. The first-order chi connectivity index (χ1) is 10.4. The zero-order chi connectivity index (χ0) is 15.4. The van der Waals surface area contributed by atoms with Gasteiger partial charge in [0, 0.05) is 17.8 Å². The molecule has 1 N–H and O–H groups in total. The molecule has 2 aliphatic heterocycles. The molecular formula is C19H30O3. The summed E-state index contributed by atoms with van der Waals surface area (Å²) >= 11 is 0. The maximum Gasteiger partial charge on any atom is 0.157 e. The van der Waals surface area contributed by atoms with Gasteiger partial charge in [0.2, 0.25) is 0 Å². The fourth-order valence-corrected chi connectivity index (χ4v) is 7.76. The molecule has 22 heavy (non-hydrogen) atoms. The summed E-state index contributed by atoms with van der Waals surface area (Å²) in [7, 11) is 0. The van der Waals surface area contributed by atoms with E-state index in [2.05, 4.69) is 20.8 Å². The van der Waals surface area contributed by atoms with Crippen molar-refractivity contribution in [1.29, 1.82) is 0 Å². The van der Waals surface area contributed by atoms with Gasteiger partial charge in [0.1, 0.15) is 0 Å². The molecule has 0 aromatic carbocycles. The van der Waals surface area contributed by atoms with Gasteiger partial charge in [-0.05, 0) is 49.4 Å². The van der Waals surface area contributed by atoms with Gasteiger partial charge in [-0.3, -0.25) is 0 Å². The zero-order valence-electron chi connectivity index (χ0n) is 14.2. The quantitative estimate of drug-likeness (QED) is 0.744. The predicted molar refractivity (Wildman–Crippen MR) is 83.2 cm³/mol. The van der Waals surface area contributed by atoms with E-state index in [1.54, 1.807) is 0 Å². The SMILES string of the molecule is C[C@@H]1CC[C@H]2C(C)(C)CCC[C@@]23C2C[C@]4(CO[C@H](O)C4)O[C@]213. The number of hydrogen-bond acceptors (Lipinski definition) is 3. The Kier molecular flexibility index (Phi) is 2.54. The first kappa shape index (κ1) is 14.2. The summed E-state index contributed by atoms with van der Waals surface area (Å²) in [6.07, 6.45) is 8.02. The van der Waals surface area contributed by atoms with Gasteiger partial charge in [-0.25, -0.2) is 0 Å². The molecule has 1 unspecified atom stereocenters. The van der Waals surface area contributed by atoms with Crippen LogP contribution in [0.3, 0.4) is 0 Å². The van der Waals surface area contributed by atoms with Crippen LogP contribution in [-0.2, 0) is 9.47 Å². The van der Waals surface area contributed by atoms with Gasteiger partial charge in [0.25, 0.3) is 0 Å². The lowest BCUT2D eigenvalue weighted by Gasteiger charge is -2.53. The standard InChI is InChI=1S/C19H30O3/c1-12-5-6-13-16(2,3)7-4-8-18(13)14-9-17(22-19(12,14)18)10-15(20)21-11-17/h12-15,20H,4-11H2,1-3H3/t12-,13+,14?,15+,17+,18+,19+/m1/s1. The smallest absolute Gasteiger partial charge is 0.157 e. The average molecular weight is 306 g/mol. The van der Waals surface area contributed by atoms with Crippen molar-refractivity contribution in [2.45, 2.75) is 83.2 Å². The normalized spacial score (nSPS) is 61.6. The lowest BCUT2D eigenvalue weighted by atomic mass is 9.55. The van der Waals surface area contributed by atoms with Crippen molar-refractivity contribution in [3.8, 4) is 0 Å². The third-order valence-corrected chi connectivity index (χ3v) is 8.43. The van der Waals surface area contributed by atoms with E-state index in [1.807, 2.05) is 0 Å². The van der Waals surface area contributed by atoms with Crippen molar-refractivity contribution in [2.75, 3.05) is 6.61 Å². The van der Waals surface area contributed by atoms with E-state index in [0.717, 1.165) is 18.3 Å². The summed E-state index contributed by atoms with van der Waals surface area (Å²) in [6.45, 7) is 8.01. The molecule has 3 nitrogen and oxygen atoms in total. The molecule has 5 fully saturated rings. The number of hydrogen-bond donors (Lipinski definition) is 1. The fourth-order valence-electron chi connectivity index (χ4n) is 7.76. The molecule has 3 aliphatic carbocycles. The van der Waals surface area contributed by atoms with Crippen LogP contribution in [0.25, 0.3) is 0 Å². The highest BCUT2D eigenvalue weighted by atomic mass is 16.6. The Morgan fingerprint density at radius 1 is 1.05 bits per heavy atom. The molecule has 2 heterocycles. The molecule has 3 saturated carbocycles. The van der Waals surface area contributed by atoms with Crippen molar-refractivity contribution < 1.29 is 14.6 Å². The van der Waals surface area contributed by atoms with Crippen LogP contribution in [0.1, 0.15) is 65.7 Å². The van der Waals surface area contributed by atoms with Crippen LogP contribution < -0.4 is 0 Å². The van der Waals surface area contributed by atoms with Gasteiger partial charge >= 0.3 is 0 Å². The van der Waals surface area contributed by atoms with Crippen molar-refractivity contribution in [2.24, 2.45) is 28.6 Å². The van der Waals surface area contributed by atoms with Gasteiger partial charge in [-0.1, -0.05) is 27.2 Å². The molecule has 0 amide bonds. The Bertz CT molecular complexity index is 517. The number of rotatable bonds is 0. The van der Waals surface area contributed by atoms with E-state index in [4.69, 9.17) is 9.47 Å². The maximum atomic E-state index is 9.83. The average Bonchev–Trinajstić information content (AvgIpc) is 2.74. The van der Waals surface area contributed by atoms with E-state index in [-0.39, 0.29) is 11.2 Å². The summed E-state index contributed by atoms with van der Waals surface area (Å²) in [6, 6.07) is 0. The molecule has 3 heteroatoms. The second kappa shape index (κ2) is 3.92. The molecule has 2 saturated heterocycles. The van der Waals surface area contributed by atoms with Gasteiger partial charge < -0.3 is 14.6 Å².